The fraction of sp³-hybridized carbons (Fsp3) is 0. The standard InChI is InChI=1S/CH5AsO2/c2-1(3)4/h2H4,(H,3,4). The van der Waals surface area contributed by atoms with Crippen molar-refractivity contribution in [2.45, 2.75) is 0 Å². The van der Waals surface area contributed by atoms with Crippen LogP contribution in [-0.2, 0) is 0 Å². The summed E-state index contributed by atoms with van der Waals surface area (Å²) < 4.78 is -0.646. The van der Waals surface area contributed by atoms with E-state index in [9.17, 15) is 0 Å². The van der Waals surface area contributed by atoms with Gasteiger partial charge in [-0.05, 0) is 0 Å². The van der Waals surface area contributed by atoms with Crippen molar-refractivity contribution in [2.75, 3.05) is 0 Å². The van der Waals surface area contributed by atoms with Crippen molar-refractivity contribution in [3.05, 3.63) is 0 Å². The number of hydrogen-bond acceptors (Lipinski definition) is 1. The third kappa shape index (κ3) is 2650. The van der Waals surface area contributed by atoms with Crippen LogP contribution in [0.4, 0.5) is 4.79 Å². The normalized spacial score (nSPS) is 6.50. The Morgan fingerprint density at radius 2 is 2.00 bits per heavy atom. The van der Waals surface area contributed by atoms with Crippen LogP contribution in [0.1, 0.15) is 0 Å². The van der Waals surface area contributed by atoms with Gasteiger partial charge in [0, 0.05) is 0 Å². The van der Waals surface area contributed by atoms with E-state index in [1.165, 1.54) is 0 Å². The molecule has 4 heavy (non-hydrogen) atoms. The molecule has 0 aromatic heterocycles. The van der Waals surface area contributed by atoms with Crippen LogP contribution in [0.5, 0.6) is 0 Å². The Labute approximate surface area is 32.3 Å². The van der Waals surface area contributed by atoms with Crippen LogP contribution < -0.4 is 0 Å². The molecule has 0 rings (SSSR count). The molecule has 0 amide bonds. The number of rotatable bonds is 0. The van der Waals surface area contributed by atoms with Crippen LogP contribution in [0.3, 0.4) is 0 Å². The first-order chi connectivity index (χ1) is 1.73. The molecule has 0 unspecified atom stereocenters. The Hall–Kier alpha value is 0.0284. The predicted octanol–water partition coefficient (Wildman–Crippen LogP) is -1.24. The molecule has 0 atom stereocenters. The molecule has 1 N–H and O–H groups in total. The summed E-state index contributed by atoms with van der Waals surface area (Å²) in [6.07, 6.45) is 0. The Morgan fingerprint density at radius 1 is 2.00 bits per heavy atom. The first kappa shape index (κ1) is 4.03. The fourth-order valence-corrected chi connectivity index (χ4v) is 0. The van der Waals surface area contributed by atoms with E-state index in [1.54, 1.807) is 0 Å². The number of carboxylic acid groups (broad SMARTS) is 1. The second-order valence-corrected chi connectivity index (χ2v) is 2.31. The molecule has 0 saturated heterocycles. The first-order valence-corrected chi connectivity index (χ1v) is 3.03. The van der Waals surface area contributed by atoms with Gasteiger partial charge in [-0.1, -0.05) is 0 Å². The molecular formula is CH5AsO2. The topological polar surface area (TPSA) is 37.3 Å². The zero-order valence-electron chi connectivity index (χ0n) is 2.36. The van der Waals surface area contributed by atoms with Crippen molar-refractivity contribution in [1.82, 2.24) is 0 Å². The third-order valence-electron chi connectivity index (χ3n) is 0. The van der Waals surface area contributed by atoms with Gasteiger partial charge in [-0.15, -0.1) is 0 Å². The molecule has 0 heterocycles. The van der Waals surface area contributed by atoms with Gasteiger partial charge in [-0.2, -0.15) is 0 Å². The molecule has 0 aromatic rings. The molecule has 0 fully saturated rings. The van der Waals surface area contributed by atoms with Gasteiger partial charge in [-0.3, -0.25) is 0 Å². The van der Waals surface area contributed by atoms with Crippen LogP contribution in [0.2, 0.25) is 0 Å². The SMILES string of the molecule is O=C(O)[AsH4]. The molecule has 3 heteroatoms. The molecule has 0 aromatic carbocycles. The molecule has 2 nitrogen and oxygen atoms in total. The zero-order chi connectivity index (χ0) is 3.58. The van der Waals surface area contributed by atoms with E-state index in [0.29, 0.717) is 0 Å². The molecular weight excluding hydrogens is 119 g/mol. The van der Waals surface area contributed by atoms with Crippen LogP contribution in [0, 0.1) is 0 Å². The van der Waals surface area contributed by atoms with Crippen LogP contribution in [0.25, 0.3) is 0 Å². The summed E-state index contributed by atoms with van der Waals surface area (Å²) in [7, 11) is 0. The monoisotopic (exact) mass is 124 g/mol. The van der Waals surface area contributed by atoms with Crippen molar-refractivity contribution in [2.24, 2.45) is 0 Å². The van der Waals surface area contributed by atoms with E-state index >= 15 is 0 Å². The van der Waals surface area contributed by atoms with E-state index in [1.807, 2.05) is 0 Å². The van der Waals surface area contributed by atoms with Gasteiger partial charge in [0.25, 0.3) is 0 Å². The van der Waals surface area contributed by atoms with Crippen molar-refractivity contribution >= 4 is 21.6 Å². The summed E-state index contributed by atoms with van der Waals surface area (Å²) in [6, 6.07) is 0. The van der Waals surface area contributed by atoms with E-state index < -0.39 is 4.76 Å². The Kier molecular flexibility index (Phi) is 1.37. The summed E-state index contributed by atoms with van der Waals surface area (Å²) >= 11 is -0.0208. The summed E-state index contributed by atoms with van der Waals surface area (Å²) in [5.74, 6) is 0. The Balaban J connectivity index is 2.80. The number of hydrogen-bond donors (Lipinski definition) is 1. The van der Waals surface area contributed by atoms with Crippen molar-refractivity contribution < 1.29 is 9.90 Å². The van der Waals surface area contributed by atoms with Gasteiger partial charge in [0.15, 0.2) is 0 Å². The summed E-state index contributed by atoms with van der Waals surface area (Å²) in [5.41, 5.74) is 0. The van der Waals surface area contributed by atoms with Gasteiger partial charge in [0.2, 0.25) is 0 Å². The van der Waals surface area contributed by atoms with Crippen molar-refractivity contribution in [3.8, 4) is 0 Å². The van der Waals surface area contributed by atoms with E-state index in [-0.39, 0.29) is 16.9 Å². The first-order valence-electron chi connectivity index (χ1n) is 0.928. The second kappa shape index (κ2) is 1.36. The molecule has 0 aliphatic rings. The Morgan fingerprint density at radius 3 is 2.00 bits per heavy atom. The van der Waals surface area contributed by atoms with E-state index in [2.05, 4.69) is 0 Å². The minimum absolute atomic E-state index is 0.0208. The quantitative estimate of drug-likeness (QED) is 0.410. The van der Waals surface area contributed by atoms with Crippen LogP contribution >= 0.6 is 0 Å². The van der Waals surface area contributed by atoms with Crippen LogP contribution in [0.15, 0.2) is 0 Å². The molecule has 0 radical (unpaired) electrons. The maximum absolute atomic E-state index is 9.08. The maximum atomic E-state index is 9.08. The molecule has 0 aliphatic carbocycles. The van der Waals surface area contributed by atoms with Gasteiger partial charge in [-0.25, -0.2) is 0 Å². The summed E-state index contributed by atoms with van der Waals surface area (Å²) in [5, 5.41) is 7.50. The predicted molar refractivity (Wildman–Crippen MR) is 19.4 cm³/mol. The van der Waals surface area contributed by atoms with Crippen LogP contribution in [-0.4, -0.2) is 26.7 Å². The molecule has 26 valence electrons. The average molecular weight is 124 g/mol. The molecule has 0 spiro atoms. The molecule has 0 bridgehead atoms. The number of carbonyl (C=O) groups is 1. The van der Waals surface area contributed by atoms with E-state index in [0.717, 1.165) is 0 Å². The minimum atomic E-state index is -0.646. The van der Waals surface area contributed by atoms with Gasteiger partial charge < -0.3 is 0 Å². The Bertz CT molecular complexity index is 29.0. The van der Waals surface area contributed by atoms with Crippen molar-refractivity contribution in [1.29, 1.82) is 0 Å². The fourth-order valence-electron chi connectivity index (χ4n) is 0. The average Bonchev–Trinajstić information content (AvgIpc) is 0.811. The van der Waals surface area contributed by atoms with E-state index in [4.69, 9.17) is 9.90 Å². The van der Waals surface area contributed by atoms with Gasteiger partial charge >= 0.3 is 31.5 Å². The van der Waals surface area contributed by atoms with Gasteiger partial charge in [0.05, 0.1) is 0 Å². The zero-order valence-corrected chi connectivity index (χ0v) is 6.55. The molecule has 0 aliphatic heterocycles. The second-order valence-electron chi connectivity index (χ2n) is 0.519. The van der Waals surface area contributed by atoms with Crippen molar-refractivity contribution in [3.63, 3.8) is 0 Å². The third-order valence-corrected chi connectivity index (χ3v) is 0. The van der Waals surface area contributed by atoms with Gasteiger partial charge in [0.1, 0.15) is 0 Å². The summed E-state index contributed by atoms with van der Waals surface area (Å²) in [4.78, 5) is 9.08. The molecule has 0 saturated carbocycles. The summed E-state index contributed by atoms with van der Waals surface area (Å²) in [6.45, 7) is 0.